The first kappa shape index (κ1) is 14.3. The molecule has 1 fully saturated rings. The van der Waals surface area contributed by atoms with Gasteiger partial charge in [-0.15, -0.1) is 0 Å². The lowest BCUT2D eigenvalue weighted by Crippen LogP contribution is -2.37. The molecule has 1 aliphatic carbocycles. The fourth-order valence-corrected chi connectivity index (χ4v) is 3.52. The monoisotopic (exact) mass is 265 g/mol. The Kier molecular flexibility index (Phi) is 5.13. The van der Waals surface area contributed by atoms with Gasteiger partial charge in [0.25, 0.3) is 0 Å². The summed E-state index contributed by atoms with van der Waals surface area (Å²) in [7, 11) is -0.831. The molecule has 0 aromatic heterocycles. The van der Waals surface area contributed by atoms with E-state index in [9.17, 15) is 8.42 Å². The Labute approximate surface area is 105 Å². The number of thiol groups is 1. The number of nitrogens with zero attached hydrogens (tertiary/aromatic N) is 1. The van der Waals surface area contributed by atoms with Gasteiger partial charge in [0, 0.05) is 19.3 Å². The predicted molar refractivity (Wildman–Crippen MR) is 72.0 cm³/mol. The van der Waals surface area contributed by atoms with Crippen LogP contribution < -0.4 is 0 Å². The highest BCUT2D eigenvalue weighted by Crippen LogP contribution is 2.39. The molecule has 0 radical (unpaired) electrons. The zero-order valence-corrected chi connectivity index (χ0v) is 12.0. The summed E-state index contributed by atoms with van der Waals surface area (Å²) in [6, 6.07) is 0. The minimum atomic E-state index is -2.84. The summed E-state index contributed by atoms with van der Waals surface area (Å²) < 4.78 is 22.2. The van der Waals surface area contributed by atoms with Gasteiger partial charge in [-0.1, -0.05) is 12.8 Å². The van der Waals surface area contributed by atoms with Gasteiger partial charge in [-0.25, -0.2) is 8.42 Å². The van der Waals surface area contributed by atoms with Crippen LogP contribution in [-0.2, 0) is 9.84 Å². The van der Waals surface area contributed by atoms with Crippen molar-refractivity contribution >= 4 is 22.5 Å². The zero-order valence-electron chi connectivity index (χ0n) is 10.3. The Bertz CT molecular complexity index is 308. The Hall–Kier alpha value is 0.260. The van der Waals surface area contributed by atoms with Gasteiger partial charge in [0.15, 0.2) is 0 Å². The van der Waals surface area contributed by atoms with E-state index in [2.05, 4.69) is 17.5 Å². The molecule has 0 unspecified atom stereocenters. The molecule has 0 amide bonds. The molecule has 0 heterocycles. The average Bonchev–Trinajstić information content (AvgIpc) is 2.63. The maximum atomic E-state index is 11.1. The Morgan fingerprint density at radius 1 is 1.31 bits per heavy atom. The van der Waals surface area contributed by atoms with Crippen LogP contribution in [0.15, 0.2) is 0 Å². The second kappa shape index (κ2) is 5.74. The van der Waals surface area contributed by atoms with Crippen molar-refractivity contribution in [2.24, 2.45) is 5.41 Å². The fraction of sp³-hybridized carbons (Fsp3) is 1.00. The summed E-state index contributed by atoms with van der Waals surface area (Å²) in [5, 5.41) is 0. The molecule has 96 valence electrons. The summed E-state index contributed by atoms with van der Waals surface area (Å²) in [6.45, 7) is 1.61. The largest absolute Gasteiger partial charge is 0.305 e. The molecule has 0 bridgehead atoms. The molecule has 5 heteroatoms. The van der Waals surface area contributed by atoms with E-state index in [0.29, 0.717) is 12.0 Å². The predicted octanol–water partition coefficient (Wildman–Crippen LogP) is 1.45. The molecule has 0 aromatic rings. The third-order valence-electron chi connectivity index (χ3n) is 3.45. The molecule has 1 aliphatic rings. The van der Waals surface area contributed by atoms with Gasteiger partial charge in [0.2, 0.25) is 0 Å². The van der Waals surface area contributed by atoms with E-state index in [4.69, 9.17) is 0 Å². The third kappa shape index (κ3) is 4.63. The van der Waals surface area contributed by atoms with Crippen molar-refractivity contribution in [3.8, 4) is 0 Å². The van der Waals surface area contributed by atoms with E-state index < -0.39 is 9.84 Å². The molecular weight excluding hydrogens is 242 g/mol. The highest BCUT2D eigenvalue weighted by atomic mass is 32.2. The summed E-state index contributed by atoms with van der Waals surface area (Å²) in [5.41, 5.74) is 0.329. The van der Waals surface area contributed by atoms with Crippen LogP contribution in [0.1, 0.15) is 25.7 Å². The van der Waals surface area contributed by atoms with Crippen molar-refractivity contribution in [3.05, 3.63) is 0 Å². The van der Waals surface area contributed by atoms with Gasteiger partial charge in [0.05, 0.1) is 5.75 Å². The van der Waals surface area contributed by atoms with Gasteiger partial charge in [-0.05, 0) is 31.1 Å². The van der Waals surface area contributed by atoms with Gasteiger partial charge in [-0.2, -0.15) is 12.6 Å². The molecular formula is C11H23NO2S2. The van der Waals surface area contributed by atoms with Crippen molar-refractivity contribution in [1.82, 2.24) is 4.90 Å². The minimum Gasteiger partial charge on any atom is -0.305 e. The van der Waals surface area contributed by atoms with E-state index in [-0.39, 0.29) is 5.75 Å². The van der Waals surface area contributed by atoms with Crippen LogP contribution in [-0.4, -0.2) is 51.2 Å². The quantitative estimate of drug-likeness (QED) is 0.739. The SMILES string of the molecule is CN(CCS(C)(=O)=O)CC1(CS)CCCC1. The topological polar surface area (TPSA) is 37.4 Å². The van der Waals surface area contributed by atoms with E-state index in [1.165, 1.54) is 31.9 Å². The van der Waals surface area contributed by atoms with E-state index >= 15 is 0 Å². The smallest absolute Gasteiger partial charge is 0.148 e. The van der Waals surface area contributed by atoms with Crippen molar-refractivity contribution in [2.75, 3.05) is 37.9 Å². The fourth-order valence-electron chi connectivity index (χ4n) is 2.46. The first-order valence-corrected chi connectivity index (χ1v) is 8.53. The Morgan fingerprint density at radius 2 is 1.88 bits per heavy atom. The summed E-state index contributed by atoms with van der Waals surface area (Å²) in [4.78, 5) is 2.14. The standard InChI is InChI=1S/C11H23NO2S2/c1-12(7-8-16(2,13)14)9-11(10-15)5-3-4-6-11/h15H,3-10H2,1-2H3. The van der Waals surface area contributed by atoms with Crippen LogP contribution in [0.5, 0.6) is 0 Å². The molecule has 1 saturated carbocycles. The highest BCUT2D eigenvalue weighted by Gasteiger charge is 2.33. The number of hydrogen-bond donors (Lipinski definition) is 1. The maximum Gasteiger partial charge on any atom is 0.148 e. The summed E-state index contributed by atoms with van der Waals surface area (Å²) >= 11 is 4.46. The molecule has 0 aromatic carbocycles. The summed E-state index contributed by atoms with van der Waals surface area (Å²) in [5.74, 6) is 1.17. The molecule has 1 rings (SSSR count). The van der Waals surface area contributed by atoms with Crippen molar-refractivity contribution in [1.29, 1.82) is 0 Å². The maximum absolute atomic E-state index is 11.1. The molecule has 0 aliphatic heterocycles. The lowest BCUT2D eigenvalue weighted by Gasteiger charge is -2.32. The molecule has 0 atom stereocenters. The molecule has 0 N–H and O–H groups in total. The lowest BCUT2D eigenvalue weighted by molar-refractivity contribution is 0.209. The second-order valence-electron chi connectivity index (χ2n) is 5.23. The van der Waals surface area contributed by atoms with E-state index in [1.54, 1.807) is 0 Å². The molecule has 3 nitrogen and oxygen atoms in total. The minimum absolute atomic E-state index is 0.256. The Morgan fingerprint density at radius 3 is 2.31 bits per heavy atom. The van der Waals surface area contributed by atoms with Gasteiger partial charge < -0.3 is 4.90 Å². The lowest BCUT2D eigenvalue weighted by atomic mass is 9.88. The van der Waals surface area contributed by atoms with E-state index in [0.717, 1.165) is 12.3 Å². The van der Waals surface area contributed by atoms with Gasteiger partial charge >= 0.3 is 0 Å². The number of hydrogen-bond acceptors (Lipinski definition) is 4. The summed E-state index contributed by atoms with van der Waals surface area (Å²) in [6.07, 6.45) is 6.35. The highest BCUT2D eigenvalue weighted by molar-refractivity contribution is 7.90. The van der Waals surface area contributed by atoms with Crippen LogP contribution in [0.4, 0.5) is 0 Å². The van der Waals surface area contributed by atoms with Crippen molar-refractivity contribution in [3.63, 3.8) is 0 Å². The molecule has 0 saturated heterocycles. The van der Waals surface area contributed by atoms with Crippen LogP contribution in [0.25, 0.3) is 0 Å². The van der Waals surface area contributed by atoms with Crippen LogP contribution >= 0.6 is 12.6 Å². The number of sulfone groups is 1. The molecule has 16 heavy (non-hydrogen) atoms. The van der Waals surface area contributed by atoms with Crippen molar-refractivity contribution < 1.29 is 8.42 Å². The number of rotatable bonds is 6. The van der Waals surface area contributed by atoms with Gasteiger partial charge in [0.1, 0.15) is 9.84 Å². The normalized spacial score (nSPS) is 20.5. The van der Waals surface area contributed by atoms with Crippen LogP contribution in [0.2, 0.25) is 0 Å². The zero-order chi connectivity index (χ0) is 12.2. The van der Waals surface area contributed by atoms with E-state index in [1.807, 2.05) is 7.05 Å². The third-order valence-corrected chi connectivity index (χ3v) is 5.04. The first-order valence-electron chi connectivity index (χ1n) is 5.84. The Balaban J connectivity index is 2.40. The van der Waals surface area contributed by atoms with Crippen LogP contribution in [0, 0.1) is 5.41 Å². The van der Waals surface area contributed by atoms with Gasteiger partial charge in [-0.3, -0.25) is 0 Å². The first-order chi connectivity index (χ1) is 7.37. The van der Waals surface area contributed by atoms with Crippen LogP contribution in [0.3, 0.4) is 0 Å². The average molecular weight is 265 g/mol. The van der Waals surface area contributed by atoms with Crippen molar-refractivity contribution in [2.45, 2.75) is 25.7 Å². The second-order valence-corrected chi connectivity index (χ2v) is 7.81. The molecule has 0 spiro atoms.